The van der Waals surface area contributed by atoms with E-state index in [0.29, 0.717) is 0 Å². The Morgan fingerprint density at radius 3 is 2.67 bits per heavy atom. The minimum atomic E-state index is -0.866. The van der Waals surface area contributed by atoms with Gasteiger partial charge in [-0.3, -0.25) is 0 Å². The van der Waals surface area contributed by atoms with Crippen LogP contribution in [0.5, 0.6) is 0 Å². The monoisotopic (exact) mass is 160 g/mol. The zero-order chi connectivity index (χ0) is 6.91. The molecular formula is C7H13PS. The lowest BCUT2D eigenvalue weighted by Gasteiger charge is -2.10. The zero-order valence-electron chi connectivity index (χ0n) is 6.05. The van der Waals surface area contributed by atoms with Crippen LogP contribution in [-0.2, 0) is 11.8 Å². The summed E-state index contributed by atoms with van der Waals surface area (Å²) in [6.07, 6.45) is 6.05. The molecule has 1 aliphatic rings. The lowest BCUT2D eigenvalue weighted by Crippen LogP contribution is -1.87. The molecule has 0 nitrogen and oxygen atoms in total. The van der Waals surface area contributed by atoms with Gasteiger partial charge in [0.05, 0.1) is 0 Å². The minimum absolute atomic E-state index is 0.866. The Balaban J connectivity index is 2.64. The van der Waals surface area contributed by atoms with E-state index >= 15 is 0 Å². The highest BCUT2D eigenvalue weighted by Gasteiger charge is 2.18. The Bertz CT molecular complexity index is 181. The summed E-state index contributed by atoms with van der Waals surface area (Å²) >= 11 is 5.50. The summed E-state index contributed by atoms with van der Waals surface area (Å²) in [7, 11) is 0. The normalized spacial score (nSPS) is 34.7. The van der Waals surface area contributed by atoms with Crippen molar-refractivity contribution in [3.8, 4) is 0 Å². The molecule has 52 valence electrons. The van der Waals surface area contributed by atoms with Gasteiger partial charge >= 0.3 is 0 Å². The van der Waals surface area contributed by atoms with Gasteiger partial charge in [0.2, 0.25) is 0 Å². The average Bonchev–Trinajstić information content (AvgIpc) is 2.13. The van der Waals surface area contributed by atoms with Crippen LogP contribution >= 0.6 is 6.04 Å². The Morgan fingerprint density at radius 1 is 1.78 bits per heavy atom. The van der Waals surface area contributed by atoms with Crippen LogP contribution in [0, 0.1) is 0 Å². The number of hydrogen-bond acceptors (Lipinski definition) is 1. The van der Waals surface area contributed by atoms with Crippen LogP contribution in [0.2, 0.25) is 0 Å². The largest absolute Gasteiger partial charge is 0.0968 e. The molecule has 0 amide bonds. The summed E-state index contributed by atoms with van der Waals surface area (Å²) in [5, 5.41) is 0. The molecular weight excluding hydrogens is 147 g/mol. The Kier molecular flexibility index (Phi) is 2.13. The summed E-state index contributed by atoms with van der Waals surface area (Å²) in [5.74, 6) is 0. The van der Waals surface area contributed by atoms with Crippen molar-refractivity contribution < 1.29 is 0 Å². The van der Waals surface area contributed by atoms with Gasteiger partial charge in [-0.25, -0.2) is 0 Å². The molecule has 0 saturated carbocycles. The van der Waals surface area contributed by atoms with Crippen molar-refractivity contribution in [1.29, 1.82) is 0 Å². The van der Waals surface area contributed by atoms with Gasteiger partial charge in [-0.2, -0.15) is 0 Å². The van der Waals surface area contributed by atoms with Crippen molar-refractivity contribution in [2.75, 3.05) is 18.5 Å². The van der Waals surface area contributed by atoms with E-state index in [-0.39, 0.29) is 0 Å². The van der Waals surface area contributed by atoms with E-state index in [1.165, 1.54) is 24.1 Å². The van der Waals surface area contributed by atoms with Gasteiger partial charge in [0.1, 0.15) is 0 Å². The first-order chi connectivity index (χ1) is 4.16. The van der Waals surface area contributed by atoms with E-state index in [0.717, 1.165) is 0 Å². The number of hydrogen-bond donors (Lipinski definition) is 0. The molecule has 0 aromatic carbocycles. The molecule has 9 heavy (non-hydrogen) atoms. The lowest BCUT2D eigenvalue weighted by molar-refractivity contribution is 1.40. The molecule has 1 unspecified atom stereocenters. The van der Waals surface area contributed by atoms with E-state index in [1.54, 1.807) is 0 Å². The summed E-state index contributed by atoms with van der Waals surface area (Å²) < 4.78 is 0. The highest BCUT2D eigenvalue weighted by atomic mass is 32.4. The van der Waals surface area contributed by atoms with Gasteiger partial charge in [0.25, 0.3) is 0 Å². The van der Waals surface area contributed by atoms with Crippen LogP contribution in [-0.4, -0.2) is 18.5 Å². The van der Waals surface area contributed by atoms with Crippen LogP contribution in [0.4, 0.5) is 0 Å². The molecule has 1 rings (SSSR count). The Morgan fingerprint density at radius 2 is 2.44 bits per heavy atom. The van der Waals surface area contributed by atoms with Crippen LogP contribution in [0.1, 0.15) is 13.8 Å². The van der Waals surface area contributed by atoms with E-state index < -0.39 is 6.04 Å². The van der Waals surface area contributed by atoms with Gasteiger partial charge in [-0.15, -0.1) is 0 Å². The molecule has 0 saturated heterocycles. The van der Waals surface area contributed by atoms with Crippen molar-refractivity contribution in [3.63, 3.8) is 0 Å². The second-order valence-corrected chi connectivity index (χ2v) is 8.52. The van der Waals surface area contributed by atoms with Crippen molar-refractivity contribution in [3.05, 3.63) is 11.6 Å². The fourth-order valence-corrected chi connectivity index (χ4v) is 4.27. The van der Waals surface area contributed by atoms with E-state index in [1.807, 2.05) is 0 Å². The van der Waals surface area contributed by atoms with Crippen molar-refractivity contribution in [1.82, 2.24) is 0 Å². The van der Waals surface area contributed by atoms with Gasteiger partial charge in [-0.1, -0.05) is 30.4 Å². The first-order valence-electron chi connectivity index (χ1n) is 3.39. The molecule has 1 aliphatic heterocycles. The highest BCUT2D eigenvalue weighted by molar-refractivity contribution is 8.14. The van der Waals surface area contributed by atoms with Crippen LogP contribution in [0.15, 0.2) is 11.6 Å². The maximum absolute atomic E-state index is 5.50. The maximum Gasteiger partial charge on any atom is -0.00235 e. The molecule has 2 heteroatoms. The topological polar surface area (TPSA) is 0 Å². The summed E-state index contributed by atoms with van der Waals surface area (Å²) in [6, 6.07) is -0.866. The van der Waals surface area contributed by atoms with E-state index in [4.69, 9.17) is 11.8 Å². The molecule has 0 bridgehead atoms. The van der Waals surface area contributed by atoms with Gasteiger partial charge in [0.15, 0.2) is 0 Å². The SMILES string of the molecule is CCP1(=S)CC=C(C)C1. The first-order valence-corrected chi connectivity index (χ1v) is 6.75. The number of rotatable bonds is 1. The average molecular weight is 160 g/mol. The third kappa shape index (κ3) is 1.65. The van der Waals surface area contributed by atoms with Gasteiger partial charge in [0, 0.05) is 0 Å². The summed E-state index contributed by atoms with van der Waals surface area (Å²) in [6.45, 7) is 4.43. The predicted octanol–water partition coefficient (Wildman–Crippen LogP) is 2.45. The molecule has 1 heterocycles. The second-order valence-electron chi connectivity index (χ2n) is 2.77. The molecule has 0 fully saturated rings. The molecule has 0 aliphatic carbocycles. The van der Waals surface area contributed by atoms with Crippen LogP contribution in [0.25, 0.3) is 0 Å². The first kappa shape index (κ1) is 7.50. The van der Waals surface area contributed by atoms with Crippen LogP contribution in [0.3, 0.4) is 0 Å². The van der Waals surface area contributed by atoms with Crippen LogP contribution < -0.4 is 0 Å². The minimum Gasteiger partial charge on any atom is -0.0968 e. The van der Waals surface area contributed by atoms with Gasteiger partial charge < -0.3 is 0 Å². The highest BCUT2D eigenvalue weighted by Crippen LogP contribution is 2.51. The fourth-order valence-electron chi connectivity index (χ4n) is 1.15. The third-order valence-corrected chi connectivity index (χ3v) is 6.57. The molecule has 0 spiro atoms. The van der Waals surface area contributed by atoms with E-state index in [2.05, 4.69) is 19.9 Å². The van der Waals surface area contributed by atoms with Gasteiger partial charge in [-0.05, 0) is 31.4 Å². The van der Waals surface area contributed by atoms with Crippen molar-refractivity contribution in [2.45, 2.75) is 13.8 Å². The molecule has 0 aromatic rings. The second kappa shape index (κ2) is 2.56. The third-order valence-electron chi connectivity index (χ3n) is 1.89. The molecule has 1 atom stereocenters. The lowest BCUT2D eigenvalue weighted by atomic mass is 10.3. The summed E-state index contributed by atoms with van der Waals surface area (Å²) in [4.78, 5) is 0. The maximum atomic E-state index is 5.50. The van der Waals surface area contributed by atoms with E-state index in [9.17, 15) is 0 Å². The van der Waals surface area contributed by atoms with Crippen molar-refractivity contribution in [2.24, 2.45) is 0 Å². The smallest absolute Gasteiger partial charge is 0.00235 e. The Hall–Kier alpha value is 0.390. The standard InChI is InChI=1S/C7H13PS/c1-3-8(9)5-4-7(2)6-8/h4H,3,5-6H2,1-2H3. The molecule has 0 radical (unpaired) electrons. The molecule has 0 N–H and O–H groups in total. The predicted molar refractivity (Wildman–Crippen MR) is 48.3 cm³/mol. The quantitative estimate of drug-likeness (QED) is 0.419. The Labute approximate surface area is 62.4 Å². The summed E-state index contributed by atoms with van der Waals surface area (Å²) in [5.41, 5.74) is 1.53. The van der Waals surface area contributed by atoms with Crippen molar-refractivity contribution >= 4 is 17.8 Å². The molecule has 0 aromatic heterocycles. The number of allylic oxidation sites excluding steroid dienone is 2. The zero-order valence-corrected chi connectivity index (χ0v) is 7.77. The fraction of sp³-hybridized carbons (Fsp3) is 0.714.